The number of fused-ring (bicyclic) bond motifs is 2. The summed E-state index contributed by atoms with van der Waals surface area (Å²) in [7, 11) is 1.91. The molecule has 1 aliphatic carbocycles. The van der Waals surface area contributed by atoms with Gasteiger partial charge in [0.2, 0.25) is 0 Å². The lowest BCUT2D eigenvalue weighted by Crippen LogP contribution is -2.44. The number of pyridine rings is 2. The van der Waals surface area contributed by atoms with Crippen LogP contribution in [0.3, 0.4) is 0 Å². The maximum atomic E-state index is 13.1. The lowest BCUT2D eigenvalue weighted by molar-refractivity contribution is 0.0998. The summed E-state index contributed by atoms with van der Waals surface area (Å²) < 4.78 is 5.32. The molecule has 5 aromatic heterocycles. The van der Waals surface area contributed by atoms with Gasteiger partial charge >= 0.3 is 0 Å². The van der Waals surface area contributed by atoms with Gasteiger partial charge in [-0.3, -0.25) is 14.4 Å². The van der Waals surface area contributed by atoms with Crippen molar-refractivity contribution < 1.29 is 14.4 Å². The summed E-state index contributed by atoms with van der Waals surface area (Å²) in [6, 6.07) is 14.9. The largest absolute Gasteiger partial charge is 0.365 e. The predicted octanol–water partition coefficient (Wildman–Crippen LogP) is 3.57. The van der Waals surface area contributed by atoms with E-state index in [4.69, 9.17) is 11.0 Å². The van der Waals surface area contributed by atoms with Gasteiger partial charge in [0.05, 0.1) is 22.6 Å². The molecule has 1 aliphatic rings. The van der Waals surface area contributed by atoms with Crippen LogP contribution in [0, 0.1) is 17.2 Å². The second-order valence-corrected chi connectivity index (χ2v) is 10.9. The first kappa shape index (κ1) is 28.9. The number of imidazole rings is 2. The topological polar surface area (TPSA) is 178 Å². The molecular weight excluding hydrogens is 572 g/mol. The quantitative estimate of drug-likeness (QED) is 0.261. The molecular formula is C32H28N10O3. The number of nitrogens with zero attached hydrogens (tertiary/aromatic N) is 8. The summed E-state index contributed by atoms with van der Waals surface area (Å²) >= 11 is 0. The van der Waals surface area contributed by atoms with Gasteiger partial charge in [-0.15, -0.1) is 10.2 Å². The Hall–Kier alpha value is -6.16. The van der Waals surface area contributed by atoms with Crippen LogP contribution < -0.4 is 11.1 Å². The number of aryl methyl sites for hydroxylation is 1. The number of nitrogens with two attached hydrogens (primary N) is 1. The van der Waals surface area contributed by atoms with Gasteiger partial charge in [-0.1, -0.05) is 12.1 Å². The Bertz CT molecular complexity index is 2090. The molecule has 1 aromatic carbocycles. The minimum Gasteiger partial charge on any atom is -0.365 e. The highest BCUT2D eigenvalue weighted by molar-refractivity contribution is 6.09. The number of anilines is 1. The minimum atomic E-state index is -0.452. The Balaban J connectivity index is 0.000000248. The monoisotopic (exact) mass is 600 g/mol. The van der Waals surface area contributed by atoms with Crippen LogP contribution in [-0.4, -0.2) is 51.6 Å². The number of aldehydes is 1. The van der Waals surface area contributed by atoms with Gasteiger partial charge in [-0.2, -0.15) is 5.26 Å². The first-order valence-corrected chi connectivity index (χ1v) is 14.1. The second kappa shape index (κ2) is 11.8. The van der Waals surface area contributed by atoms with Crippen LogP contribution >= 0.6 is 0 Å². The fourth-order valence-electron chi connectivity index (χ4n) is 5.98. The average Bonchev–Trinajstić information content (AvgIpc) is 3.79. The van der Waals surface area contributed by atoms with Crippen LogP contribution in [0.25, 0.3) is 11.3 Å². The Kier molecular flexibility index (Phi) is 7.62. The molecule has 1 fully saturated rings. The van der Waals surface area contributed by atoms with Crippen molar-refractivity contribution in [2.75, 3.05) is 5.32 Å². The van der Waals surface area contributed by atoms with Gasteiger partial charge in [-0.05, 0) is 54.7 Å². The number of aromatic nitrogens is 7. The summed E-state index contributed by atoms with van der Waals surface area (Å²) in [6.07, 6.45) is 14.6. The maximum absolute atomic E-state index is 13.1. The van der Waals surface area contributed by atoms with Crippen LogP contribution in [0.15, 0.2) is 86.0 Å². The Morgan fingerprint density at radius 3 is 2.51 bits per heavy atom. The van der Waals surface area contributed by atoms with E-state index in [1.54, 1.807) is 58.2 Å². The third-order valence-corrected chi connectivity index (χ3v) is 8.04. The molecule has 5 heterocycles. The first-order valence-electron chi connectivity index (χ1n) is 14.1. The number of nitriles is 1. The summed E-state index contributed by atoms with van der Waals surface area (Å²) in [4.78, 5) is 43.6. The van der Waals surface area contributed by atoms with E-state index >= 15 is 0 Å². The number of rotatable bonds is 7. The van der Waals surface area contributed by atoms with Crippen LogP contribution in [-0.2, 0) is 12.5 Å². The molecule has 0 saturated heterocycles. The van der Waals surface area contributed by atoms with Crippen molar-refractivity contribution in [3.63, 3.8) is 0 Å². The van der Waals surface area contributed by atoms with Gasteiger partial charge in [0.25, 0.3) is 11.8 Å². The smallest absolute Gasteiger partial charge is 0.259 e. The molecule has 0 spiro atoms. The predicted molar refractivity (Wildman–Crippen MR) is 163 cm³/mol. The van der Waals surface area contributed by atoms with Gasteiger partial charge in [-0.25, -0.2) is 9.97 Å². The van der Waals surface area contributed by atoms with E-state index in [1.165, 1.54) is 6.07 Å². The molecule has 0 unspecified atom stereocenters. The van der Waals surface area contributed by atoms with Crippen LogP contribution in [0.5, 0.6) is 0 Å². The molecule has 2 amide bonds. The summed E-state index contributed by atoms with van der Waals surface area (Å²) in [5, 5.41) is 20.5. The SMILES string of the molecule is Cn1cnnc1C1(c2cccc(NC(=O)c3cc(C=O)cn4ccnc34)c2)CC(CC#N)C1.NC(=O)c1cccn2ccnc12. The van der Waals surface area contributed by atoms with E-state index in [0.29, 0.717) is 52.3 Å². The standard InChI is InChI=1S/C24H21N7O2.C8H7N3O/c1-30-15-27-29-23(30)24(11-16(12-24)5-6-25)18-3-2-4-19(10-18)28-22(33)20-9-17(14-32)13-31-8-7-26-21(20)31;9-7(12)6-2-1-4-11-5-3-10-8(6)11/h2-4,7-10,13-16H,5,11-12H2,1H3,(H,28,33);1-5H,(H2,9,12). The summed E-state index contributed by atoms with van der Waals surface area (Å²) in [5.41, 5.74) is 8.65. The highest BCUT2D eigenvalue weighted by Gasteiger charge is 2.49. The van der Waals surface area contributed by atoms with Crippen LogP contribution in [0.2, 0.25) is 0 Å². The Morgan fingerprint density at radius 2 is 1.82 bits per heavy atom. The number of hydrogen-bond acceptors (Lipinski definition) is 8. The minimum absolute atomic E-state index is 0.296. The van der Waals surface area contributed by atoms with Gasteiger partial charge < -0.3 is 24.4 Å². The molecule has 6 aromatic rings. The summed E-state index contributed by atoms with van der Waals surface area (Å²) in [5.74, 6) is 0.338. The Labute approximate surface area is 257 Å². The molecule has 0 radical (unpaired) electrons. The van der Waals surface area contributed by atoms with E-state index < -0.39 is 5.91 Å². The fourth-order valence-corrected chi connectivity index (χ4v) is 5.98. The molecule has 0 aliphatic heterocycles. The van der Waals surface area contributed by atoms with Crippen molar-refractivity contribution >= 4 is 35.1 Å². The number of carbonyl (C=O) groups excluding carboxylic acids is 3. The van der Waals surface area contributed by atoms with Crippen molar-refractivity contribution in [3.05, 3.63) is 114 Å². The number of nitrogens with one attached hydrogen (secondary N) is 1. The highest BCUT2D eigenvalue weighted by atomic mass is 16.2. The molecule has 45 heavy (non-hydrogen) atoms. The van der Waals surface area contributed by atoms with E-state index in [9.17, 15) is 14.4 Å². The number of hydrogen-bond donors (Lipinski definition) is 2. The maximum Gasteiger partial charge on any atom is 0.259 e. The van der Waals surface area contributed by atoms with Crippen molar-refractivity contribution in [2.45, 2.75) is 24.7 Å². The van der Waals surface area contributed by atoms with E-state index in [0.717, 1.165) is 24.2 Å². The van der Waals surface area contributed by atoms with Gasteiger partial charge in [0, 0.05) is 61.9 Å². The molecule has 13 nitrogen and oxygen atoms in total. The summed E-state index contributed by atoms with van der Waals surface area (Å²) in [6.45, 7) is 0. The molecule has 0 atom stereocenters. The van der Waals surface area contributed by atoms with Crippen LogP contribution in [0.4, 0.5) is 5.69 Å². The van der Waals surface area contributed by atoms with Gasteiger partial charge in [0.1, 0.15) is 23.4 Å². The molecule has 3 N–H and O–H groups in total. The number of primary amides is 1. The first-order chi connectivity index (χ1) is 21.8. The molecule has 13 heteroatoms. The van der Waals surface area contributed by atoms with Crippen molar-refractivity contribution in [1.82, 2.24) is 33.5 Å². The molecule has 1 saturated carbocycles. The zero-order chi connectivity index (χ0) is 31.6. The lowest BCUT2D eigenvalue weighted by Gasteiger charge is -2.46. The molecule has 224 valence electrons. The van der Waals surface area contributed by atoms with E-state index in [-0.39, 0.29) is 11.3 Å². The third kappa shape index (κ3) is 5.40. The van der Waals surface area contributed by atoms with Crippen molar-refractivity contribution in [1.29, 1.82) is 5.26 Å². The van der Waals surface area contributed by atoms with E-state index in [1.807, 2.05) is 42.1 Å². The molecule has 0 bridgehead atoms. The third-order valence-electron chi connectivity index (χ3n) is 8.04. The number of carbonyl (C=O) groups is 3. The zero-order valence-corrected chi connectivity index (χ0v) is 24.2. The number of benzene rings is 1. The van der Waals surface area contributed by atoms with Crippen molar-refractivity contribution in [3.8, 4) is 6.07 Å². The molecule has 7 rings (SSSR count). The lowest BCUT2D eigenvalue weighted by atomic mass is 9.57. The zero-order valence-electron chi connectivity index (χ0n) is 24.2. The van der Waals surface area contributed by atoms with Gasteiger partial charge in [0.15, 0.2) is 6.29 Å². The van der Waals surface area contributed by atoms with Crippen LogP contribution in [0.1, 0.15) is 61.7 Å². The average molecular weight is 601 g/mol. The normalized spacial score (nSPS) is 17.1. The Morgan fingerprint density at radius 1 is 1.07 bits per heavy atom. The number of amides is 2. The second-order valence-electron chi connectivity index (χ2n) is 10.9. The van der Waals surface area contributed by atoms with Crippen molar-refractivity contribution in [2.24, 2.45) is 18.7 Å². The highest BCUT2D eigenvalue weighted by Crippen LogP contribution is 2.53. The fraction of sp³-hybridized carbons (Fsp3) is 0.188. The van der Waals surface area contributed by atoms with E-state index in [2.05, 4.69) is 31.6 Å².